The van der Waals surface area contributed by atoms with Crippen LogP contribution >= 0.6 is 0 Å². The van der Waals surface area contributed by atoms with Gasteiger partial charge >= 0.3 is 0 Å². The molecule has 2 rings (SSSR count). The van der Waals surface area contributed by atoms with Crippen LogP contribution in [-0.2, 0) is 0 Å². The lowest BCUT2D eigenvalue weighted by Crippen LogP contribution is -2.06. The SMILES string of the molecule is COc1cc(C=Nn2cnnc2)ccc1OC(C)C. The smallest absolute Gasteiger partial charge is 0.161 e. The molecule has 0 saturated carbocycles. The third kappa shape index (κ3) is 3.54. The van der Waals surface area contributed by atoms with Gasteiger partial charge in [0.1, 0.15) is 12.7 Å². The monoisotopic (exact) mass is 260 g/mol. The lowest BCUT2D eigenvalue weighted by atomic mass is 10.2. The van der Waals surface area contributed by atoms with Crippen molar-refractivity contribution in [3.05, 3.63) is 36.4 Å². The molecule has 0 N–H and O–H groups in total. The van der Waals surface area contributed by atoms with E-state index < -0.39 is 0 Å². The van der Waals surface area contributed by atoms with Crippen LogP contribution in [0.25, 0.3) is 0 Å². The molecule has 6 heteroatoms. The zero-order chi connectivity index (χ0) is 13.7. The zero-order valence-corrected chi connectivity index (χ0v) is 11.1. The van der Waals surface area contributed by atoms with Gasteiger partial charge in [0.25, 0.3) is 0 Å². The highest BCUT2D eigenvalue weighted by Gasteiger charge is 2.06. The Balaban J connectivity index is 2.19. The molecular formula is C13H16N4O2. The Labute approximate surface area is 111 Å². The first kappa shape index (κ1) is 13.1. The Hall–Kier alpha value is -2.37. The second-order valence-corrected chi connectivity index (χ2v) is 4.16. The van der Waals surface area contributed by atoms with Crippen LogP contribution in [0.3, 0.4) is 0 Å². The predicted molar refractivity (Wildman–Crippen MR) is 71.8 cm³/mol. The van der Waals surface area contributed by atoms with Crippen molar-refractivity contribution in [2.45, 2.75) is 20.0 Å². The number of aromatic nitrogens is 3. The van der Waals surface area contributed by atoms with Crippen molar-refractivity contribution in [2.75, 3.05) is 7.11 Å². The normalized spacial score (nSPS) is 11.2. The summed E-state index contributed by atoms with van der Waals surface area (Å²) >= 11 is 0. The molecule has 0 spiro atoms. The lowest BCUT2D eigenvalue weighted by molar-refractivity contribution is 0.230. The summed E-state index contributed by atoms with van der Waals surface area (Å²) in [6.45, 7) is 3.95. The van der Waals surface area contributed by atoms with Gasteiger partial charge in [-0.3, -0.25) is 0 Å². The molecule has 0 fully saturated rings. The van der Waals surface area contributed by atoms with E-state index in [4.69, 9.17) is 9.47 Å². The van der Waals surface area contributed by atoms with Crippen molar-refractivity contribution in [1.29, 1.82) is 0 Å². The van der Waals surface area contributed by atoms with Crippen LogP contribution < -0.4 is 9.47 Å². The van der Waals surface area contributed by atoms with Gasteiger partial charge in [0.05, 0.1) is 19.4 Å². The number of rotatable bonds is 5. The van der Waals surface area contributed by atoms with Gasteiger partial charge in [-0.05, 0) is 37.6 Å². The largest absolute Gasteiger partial charge is 0.493 e. The van der Waals surface area contributed by atoms with Crippen LogP contribution in [0.2, 0.25) is 0 Å². The molecule has 0 aliphatic carbocycles. The van der Waals surface area contributed by atoms with E-state index in [1.165, 1.54) is 17.3 Å². The average molecular weight is 260 g/mol. The maximum absolute atomic E-state index is 5.65. The van der Waals surface area contributed by atoms with E-state index in [1.807, 2.05) is 32.0 Å². The van der Waals surface area contributed by atoms with Crippen LogP contribution in [-0.4, -0.2) is 34.3 Å². The number of methoxy groups -OCH3 is 1. The molecule has 0 aliphatic heterocycles. The minimum absolute atomic E-state index is 0.102. The molecule has 0 saturated heterocycles. The third-order valence-electron chi connectivity index (χ3n) is 2.30. The quantitative estimate of drug-likeness (QED) is 0.771. The Kier molecular flexibility index (Phi) is 4.12. The summed E-state index contributed by atoms with van der Waals surface area (Å²) < 4.78 is 12.5. The average Bonchev–Trinajstić information content (AvgIpc) is 2.90. The molecule has 0 bridgehead atoms. The van der Waals surface area contributed by atoms with Crippen molar-refractivity contribution in [2.24, 2.45) is 5.10 Å². The molecule has 19 heavy (non-hydrogen) atoms. The first-order valence-corrected chi connectivity index (χ1v) is 5.92. The van der Waals surface area contributed by atoms with E-state index in [2.05, 4.69) is 15.3 Å². The highest BCUT2D eigenvalue weighted by atomic mass is 16.5. The van der Waals surface area contributed by atoms with E-state index in [0.717, 1.165) is 11.3 Å². The summed E-state index contributed by atoms with van der Waals surface area (Å²) in [7, 11) is 1.61. The van der Waals surface area contributed by atoms with Gasteiger partial charge in [0, 0.05) is 0 Å². The fourth-order valence-electron chi connectivity index (χ4n) is 1.50. The summed E-state index contributed by atoms with van der Waals surface area (Å²) in [5.74, 6) is 1.40. The minimum atomic E-state index is 0.102. The predicted octanol–water partition coefficient (Wildman–Crippen LogP) is 1.96. The molecule has 0 radical (unpaired) electrons. The van der Waals surface area contributed by atoms with Gasteiger partial charge in [-0.25, -0.2) is 4.68 Å². The molecule has 0 unspecified atom stereocenters. The highest BCUT2D eigenvalue weighted by molar-refractivity contribution is 5.80. The summed E-state index contributed by atoms with van der Waals surface area (Å²) in [6, 6.07) is 5.64. The fraction of sp³-hybridized carbons (Fsp3) is 0.308. The maximum atomic E-state index is 5.65. The second-order valence-electron chi connectivity index (χ2n) is 4.16. The van der Waals surface area contributed by atoms with Crippen LogP contribution in [0.5, 0.6) is 11.5 Å². The summed E-state index contributed by atoms with van der Waals surface area (Å²) in [4.78, 5) is 0. The van der Waals surface area contributed by atoms with E-state index in [1.54, 1.807) is 13.3 Å². The zero-order valence-electron chi connectivity index (χ0n) is 11.1. The van der Waals surface area contributed by atoms with Crippen molar-refractivity contribution in [3.63, 3.8) is 0 Å². The molecule has 0 atom stereocenters. The van der Waals surface area contributed by atoms with E-state index >= 15 is 0 Å². The molecule has 1 heterocycles. The van der Waals surface area contributed by atoms with E-state index in [-0.39, 0.29) is 6.10 Å². The van der Waals surface area contributed by atoms with Gasteiger partial charge in [-0.1, -0.05) is 0 Å². The summed E-state index contributed by atoms with van der Waals surface area (Å²) in [6.07, 6.45) is 4.84. The molecule has 1 aromatic carbocycles. The Morgan fingerprint density at radius 3 is 2.58 bits per heavy atom. The van der Waals surface area contributed by atoms with Gasteiger partial charge < -0.3 is 9.47 Å². The van der Waals surface area contributed by atoms with Crippen molar-refractivity contribution >= 4 is 6.21 Å². The second kappa shape index (κ2) is 5.99. The van der Waals surface area contributed by atoms with Gasteiger partial charge in [0.15, 0.2) is 11.5 Å². The van der Waals surface area contributed by atoms with Crippen LogP contribution in [0.4, 0.5) is 0 Å². The van der Waals surface area contributed by atoms with Gasteiger partial charge in [-0.15, -0.1) is 10.2 Å². The molecule has 0 amide bonds. The first-order chi connectivity index (χ1) is 9.19. The maximum Gasteiger partial charge on any atom is 0.161 e. The van der Waals surface area contributed by atoms with E-state index in [9.17, 15) is 0 Å². The van der Waals surface area contributed by atoms with Crippen molar-refractivity contribution in [3.8, 4) is 11.5 Å². The Bertz CT molecular complexity index is 550. The van der Waals surface area contributed by atoms with Crippen molar-refractivity contribution < 1.29 is 9.47 Å². The number of nitrogens with zero attached hydrogens (tertiary/aromatic N) is 4. The molecule has 1 aromatic heterocycles. The highest BCUT2D eigenvalue weighted by Crippen LogP contribution is 2.28. The summed E-state index contributed by atoms with van der Waals surface area (Å²) in [5, 5.41) is 11.5. The standard InChI is InChI=1S/C13H16N4O2/c1-10(2)19-12-5-4-11(6-13(12)18-3)7-16-17-8-14-15-9-17/h4-10H,1-3H3. The number of ether oxygens (including phenoxy) is 2. The minimum Gasteiger partial charge on any atom is -0.493 e. The van der Waals surface area contributed by atoms with Crippen LogP contribution in [0, 0.1) is 0 Å². The number of benzene rings is 1. The molecule has 0 aliphatic rings. The topological polar surface area (TPSA) is 61.5 Å². The van der Waals surface area contributed by atoms with Gasteiger partial charge in [-0.2, -0.15) is 5.10 Å². The van der Waals surface area contributed by atoms with Crippen LogP contribution in [0.15, 0.2) is 36.0 Å². The molecule has 2 aromatic rings. The Morgan fingerprint density at radius 2 is 1.95 bits per heavy atom. The molecule has 6 nitrogen and oxygen atoms in total. The van der Waals surface area contributed by atoms with E-state index in [0.29, 0.717) is 5.75 Å². The van der Waals surface area contributed by atoms with Crippen LogP contribution in [0.1, 0.15) is 19.4 Å². The summed E-state index contributed by atoms with van der Waals surface area (Å²) in [5.41, 5.74) is 0.904. The molecular weight excluding hydrogens is 244 g/mol. The Morgan fingerprint density at radius 1 is 1.21 bits per heavy atom. The number of hydrogen-bond donors (Lipinski definition) is 0. The first-order valence-electron chi connectivity index (χ1n) is 5.92. The van der Waals surface area contributed by atoms with Gasteiger partial charge in [0.2, 0.25) is 0 Å². The number of hydrogen-bond acceptors (Lipinski definition) is 5. The molecule has 100 valence electrons. The van der Waals surface area contributed by atoms with Crippen molar-refractivity contribution in [1.82, 2.24) is 14.9 Å². The fourth-order valence-corrected chi connectivity index (χ4v) is 1.50. The lowest BCUT2D eigenvalue weighted by Gasteiger charge is -2.13. The third-order valence-corrected chi connectivity index (χ3v) is 2.30.